The van der Waals surface area contributed by atoms with E-state index < -0.39 is 0 Å². The highest BCUT2D eigenvalue weighted by Gasteiger charge is 2.16. The van der Waals surface area contributed by atoms with E-state index in [1.807, 2.05) is 42.5 Å². The molecule has 56 heavy (non-hydrogen) atoms. The Morgan fingerprint density at radius 1 is 0.268 bits per heavy atom. The van der Waals surface area contributed by atoms with Gasteiger partial charge in [0.15, 0.2) is 17.5 Å². The van der Waals surface area contributed by atoms with Crippen LogP contribution in [0.3, 0.4) is 0 Å². The fourth-order valence-corrected chi connectivity index (χ4v) is 7.50. The number of rotatable bonds is 7. The van der Waals surface area contributed by atoms with Crippen molar-refractivity contribution in [1.29, 1.82) is 0 Å². The minimum absolute atomic E-state index is 0.625. The first-order chi connectivity index (χ1) is 27.7. The van der Waals surface area contributed by atoms with E-state index in [4.69, 9.17) is 19.9 Å². The van der Waals surface area contributed by atoms with E-state index in [0.717, 1.165) is 66.5 Å². The lowest BCUT2D eigenvalue weighted by Crippen LogP contribution is -2.00. The predicted molar refractivity (Wildman–Crippen MR) is 231 cm³/mol. The number of hydrogen-bond donors (Lipinski definition) is 0. The molecule has 4 nitrogen and oxygen atoms in total. The Hall–Kier alpha value is -7.56. The van der Waals surface area contributed by atoms with Gasteiger partial charge >= 0.3 is 0 Å². The van der Waals surface area contributed by atoms with Crippen LogP contribution in [0.5, 0.6) is 0 Å². The number of benzene rings is 8. The molecular formula is C52H34N4. The van der Waals surface area contributed by atoms with Gasteiger partial charge < -0.3 is 0 Å². The molecule has 0 saturated heterocycles. The zero-order valence-electron chi connectivity index (χ0n) is 30.4. The molecular weight excluding hydrogens is 681 g/mol. The standard InChI is InChI=1S/C52H34N4/c1-5-15-35(16-6-1)39-23-13-25-43(32-39)51-54-50(38-21-11-4-12-22-38)55-52(56-51)44-26-14-24-40(33-44)41-27-29-45-42(31-41)28-30-47-49(45)46(36-17-7-2-8-18-36)34-48(53-47)37-19-9-3-10-20-37/h1-34H. The van der Waals surface area contributed by atoms with Crippen LogP contribution in [0.15, 0.2) is 206 Å². The van der Waals surface area contributed by atoms with Crippen LogP contribution in [-0.4, -0.2) is 19.9 Å². The lowest BCUT2D eigenvalue weighted by Gasteiger charge is -2.14. The maximum atomic E-state index is 5.17. The minimum atomic E-state index is 0.625. The second-order valence-electron chi connectivity index (χ2n) is 13.9. The average molecular weight is 715 g/mol. The van der Waals surface area contributed by atoms with Gasteiger partial charge in [-0.1, -0.05) is 176 Å². The van der Waals surface area contributed by atoms with Crippen molar-refractivity contribution in [3.05, 3.63) is 206 Å². The van der Waals surface area contributed by atoms with Crippen LogP contribution in [0.1, 0.15) is 0 Å². The Balaban J connectivity index is 1.08. The number of fused-ring (bicyclic) bond motifs is 3. The van der Waals surface area contributed by atoms with E-state index in [0.29, 0.717) is 17.5 Å². The summed E-state index contributed by atoms with van der Waals surface area (Å²) in [6.07, 6.45) is 0. The Kier molecular flexibility index (Phi) is 8.47. The molecule has 0 aliphatic carbocycles. The van der Waals surface area contributed by atoms with Crippen molar-refractivity contribution < 1.29 is 0 Å². The van der Waals surface area contributed by atoms with Gasteiger partial charge in [-0.3, -0.25) is 0 Å². The molecule has 0 aliphatic heterocycles. The van der Waals surface area contributed by atoms with Crippen molar-refractivity contribution in [2.45, 2.75) is 0 Å². The first-order valence-electron chi connectivity index (χ1n) is 18.8. The Bertz CT molecular complexity index is 3000. The summed E-state index contributed by atoms with van der Waals surface area (Å²) in [5.74, 6) is 1.89. The molecule has 0 aliphatic rings. The second kappa shape index (κ2) is 14.3. The van der Waals surface area contributed by atoms with Gasteiger partial charge in [0, 0.05) is 27.6 Å². The summed E-state index contributed by atoms with van der Waals surface area (Å²) in [5, 5.41) is 3.47. The summed E-state index contributed by atoms with van der Waals surface area (Å²) >= 11 is 0. The van der Waals surface area contributed by atoms with Crippen LogP contribution in [0.25, 0.3) is 100 Å². The summed E-state index contributed by atoms with van der Waals surface area (Å²) in [6.45, 7) is 0. The number of pyridine rings is 1. The molecule has 2 aromatic heterocycles. The topological polar surface area (TPSA) is 51.6 Å². The smallest absolute Gasteiger partial charge is 0.164 e. The lowest BCUT2D eigenvalue weighted by molar-refractivity contribution is 1.07. The van der Waals surface area contributed by atoms with Crippen LogP contribution in [0.2, 0.25) is 0 Å². The second-order valence-corrected chi connectivity index (χ2v) is 13.9. The largest absolute Gasteiger partial charge is 0.248 e. The molecule has 0 amide bonds. The fraction of sp³-hybridized carbons (Fsp3) is 0. The van der Waals surface area contributed by atoms with Crippen LogP contribution >= 0.6 is 0 Å². The van der Waals surface area contributed by atoms with E-state index in [2.05, 4.69) is 164 Å². The van der Waals surface area contributed by atoms with Crippen molar-refractivity contribution in [3.8, 4) is 78.8 Å². The summed E-state index contributed by atoms with van der Waals surface area (Å²) in [7, 11) is 0. The molecule has 0 unspecified atom stereocenters. The van der Waals surface area contributed by atoms with E-state index >= 15 is 0 Å². The number of aromatic nitrogens is 4. The number of hydrogen-bond acceptors (Lipinski definition) is 4. The predicted octanol–water partition coefficient (Wildman–Crippen LogP) is 13.2. The van der Waals surface area contributed by atoms with Crippen molar-refractivity contribution in [3.63, 3.8) is 0 Å². The summed E-state index contributed by atoms with van der Waals surface area (Å²) in [4.78, 5) is 20.3. The minimum Gasteiger partial charge on any atom is -0.248 e. The van der Waals surface area contributed by atoms with Crippen LogP contribution in [0.4, 0.5) is 0 Å². The summed E-state index contributed by atoms with van der Waals surface area (Å²) in [6, 6.07) is 71.7. The monoisotopic (exact) mass is 714 g/mol. The van der Waals surface area contributed by atoms with Gasteiger partial charge in [-0.2, -0.15) is 0 Å². The molecule has 0 bridgehead atoms. The summed E-state index contributed by atoms with van der Waals surface area (Å²) in [5.41, 5.74) is 12.6. The van der Waals surface area contributed by atoms with Crippen molar-refractivity contribution in [2.24, 2.45) is 0 Å². The van der Waals surface area contributed by atoms with Gasteiger partial charge in [0.05, 0.1) is 11.2 Å². The highest BCUT2D eigenvalue weighted by molar-refractivity contribution is 6.14. The molecule has 0 N–H and O–H groups in total. The molecule has 10 rings (SSSR count). The molecule has 0 saturated carbocycles. The van der Waals surface area contributed by atoms with E-state index in [1.54, 1.807) is 0 Å². The van der Waals surface area contributed by atoms with Gasteiger partial charge in [0.1, 0.15) is 0 Å². The molecule has 8 aromatic carbocycles. The number of nitrogens with zero attached hydrogens (tertiary/aromatic N) is 4. The van der Waals surface area contributed by atoms with E-state index in [1.165, 1.54) is 16.5 Å². The normalized spacial score (nSPS) is 11.2. The highest BCUT2D eigenvalue weighted by atomic mass is 15.0. The van der Waals surface area contributed by atoms with E-state index in [-0.39, 0.29) is 0 Å². The fourth-order valence-electron chi connectivity index (χ4n) is 7.50. The van der Waals surface area contributed by atoms with Crippen LogP contribution in [0, 0.1) is 0 Å². The van der Waals surface area contributed by atoms with Crippen LogP contribution < -0.4 is 0 Å². The molecule has 0 spiro atoms. The zero-order chi connectivity index (χ0) is 37.3. The Morgan fingerprint density at radius 2 is 0.732 bits per heavy atom. The van der Waals surface area contributed by atoms with Gasteiger partial charge in [-0.05, 0) is 74.5 Å². The molecule has 0 fully saturated rings. The maximum absolute atomic E-state index is 5.17. The van der Waals surface area contributed by atoms with Gasteiger partial charge in [-0.15, -0.1) is 0 Å². The quantitative estimate of drug-likeness (QED) is 0.154. The van der Waals surface area contributed by atoms with Gasteiger partial charge in [0.25, 0.3) is 0 Å². The van der Waals surface area contributed by atoms with Crippen molar-refractivity contribution in [2.75, 3.05) is 0 Å². The van der Waals surface area contributed by atoms with Gasteiger partial charge in [-0.25, -0.2) is 19.9 Å². The SMILES string of the molecule is c1ccc(-c2cccc(-c3nc(-c4ccccc4)nc(-c4cccc(-c5ccc6c(ccc7nc(-c8ccccc8)cc(-c8ccccc8)c76)c5)c4)n3)c2)cc1. The van der Waals surface area contributed by atoms with Gasteiger partial charge in [0.2, 0.25) is 0 Å². The molecule has 0 atom stereocenters. The maximum Gasteiger partial charge on any atom is 0.164 e. The first kappa shape index (κ1) is 33.0. The average Bonchev–Trinajstić information content (AvgIpc) is 3.29. The van der Waals surface area contributed by atoms with Crippen molar-refractivity contribution >= 4 is 21.7 Å². The molecule has 262 valence electrons. The molecule has 4 heteroatoms. The lowest BCUT2D eigenvalue weighted by atomic mass is 9.93. The molecule has 0 radical (unpaired) electrons. The molecule has 2 heterocycles. The first-order valence-corrected chi connectivity index (χ1v) is 18.8. The highest BCUT2D eigenvalue weighted by Crippen LogP contribution is 2.38. The Labute approximate surface area is 325 Å². The van der Waals surface area contributed by atoms with Crippen molar-refractivity contribution in [1.82, 2.24) is 19.9 Å². The third kappa shape index (κ3) is 6.40. The van der Waals surface area contributed by atoms with Crippen LogP contribution in [-0.2, 0) is 0 Å². The zero-order valence-corrected chi connectivity index (χ0v) is 30.4. The Morgan fingerprint density at radius 3 is 1.34 bits per heavy atom. The third-order valence-electron chi connectivity index (χ3n) is 10.3. The van der Waals surface area contributed by atoms with E-state index in [9.17, 15) is 0 Å². The summed E-state index contributed by atoms with van der Waals surface area (Å²) < 4.78 is 0. The molecule has 10 aromatic rings. The third-order valence-corrected chi connectivity index (χ3v) is 10.3.